The second kappa shape index (κ2) is 5.96. The molecule has 2 rings (SSSR count). The van der Waals surface area contributed by atoms with Gasteiger partial charge in [0.05, 0.1) is 5.69 Å². The van der Waals surface area contributed by atoms with E-state index in [-0.39, 0.29) is 11.4 Å². The molecule has 1 heterocycles. The molecule has 0 atom stereocenters. The average Bonchev–Trinajstić information content (AvgIpc) is 2.33. The van der Waals surface area contributed by atoms with Gasteiger partial charge in [-0.2, -0.15) is 0 Å². The van der Waals surface area contributed by atoms with Gasteiger partial charge >= 0.3 is 0 Å². The monoisotopic (exact) mass is 388 g/mol. The number of aromatic amines is 1. The van der Waals surface area contributed by atoms with Crippen molar-refractivity contribution >= 4 is 31.9 Å². The zero-order chi connectivity index (χ0) is 14.0. The first kappa shape index (κ1) is 14.4. The van der Waals surface area contributed by atoms with E-state index in [2.05, 4.69) is 41.8 Å². The summed E-state index contributed by atoms with van der Waals surface area (Å²) in [4.78, 5) is 18.9. The Morgan fingerprint density at radius 2 is 2.05 bits per heavy atom. The topological polar surface area (TPSA) is 45.8 Å². The molecule has 3 nitrogen and oxygen atoms in total. The summed E-state index contributed by atoms with van der Waals surface area (Å²) in [7, 11) is 0. The van der Waals surface area contributed by atoms with Crippen molar-refractivity contribution in [1.29, 1.82) is 0 Å². The van der Waals surface area contributed by atoms with Crippen molar-refractivity contribution in [2.75, 3.05) is 0 Å². The minimum absolute atomic E-state index is 0.256. The minimum Gasteiger partial charge on any atom is -0.306 e. The summed E-state index contributed by atoms with van der Waals surface area (Å²) < 4.78 is 14.4. The zero-order valence-corrected chi connectivity index (χ0v) is 13.3. The summed E-state index contributed by atoms with van der Waals surface area (Å²) in [6.45, 7) is 2.01. The molecule has 1 N–H and O–H groups in total. The third kappa shape index (κ3) is 3.30. The molecule has 19 heavy (non-hydrogen) atoms. The van der Waals surface area contributed by atoms with E-state index in [1.807, 2.05) is 6.92 Å². The summed E-state index contributed by atoms with van der Waals surface area (Å²) >= 11 is 6.45. The first-order valence-electron chi connectivity index (χ1n) is 5.76. The molecule has 0 aliphatic heterocycles. The van der Waals surface area contributed by atoms with Crippen molar-refractivity contribution in [3.8, 4) is 11.4 Å². The highest BCUT2D eigenvalue weighted by atomic mass is 79.9. The lowest BCUT2D eigenvalue weighted by molar-refractivity contribution is 0.627. The molecule has 6 heteroatoms. The molecule has 0 radical (unpaired) electrons. The molecule has 2 aromatic rings. The number of aromatic nitrogens is 2. The van der Waals surface area contributed by atoms with Crippen molar-refractivity contribution < 1.29 is 4.39 Å². The normalized spacial score (nSPS) is 10.7. The number of halogens is 3. The Balaban J connectivity index is 2.59. The Hall–Kier alpha value is -1.01. The highest BCUT2D eigenvalue weighted by Crippen LogP contribution is 2.23. The second-order valence-corrected chi connectivity index (χ2v) is 5.79. The van der Waals surface area contributed by atoms with Gasteiger partial charge in [-0.1, -0.05) is 29.3 Å². The van der Waals surface area contributed by atoms with Gasteiger partial charge in [0.2, 0.25) is 0 Å². The van der Waals surface area contributed by atoms with Gasteiger partial charge in [0, 0.05) is 10.0 Å². The molecule has 100 valence electrons. The molecule has 0 amide bonds. The third-order valence-electron chi connectivity index (χ3n) is 2.55. The number of nitrogens with zero attached hydrogens (tertiary/aromatic N) is 1. The van der Waals surface area contributed by atoms with Gasteiger partial charge in [0.25, 0.3) is 5.56 Å². The fourth-order valence-corrected chi connectivity index (χ4v) is 2.59. The van der Waals surface area contributed by atoms with Crippen LogP contribution in [0, 0.1) is 5.82 Å². The van der Waals surface area contributed by atoms with Crippen LogP contribution < -0.4 is 5.56 Å². The maximum Gasteiger partial charge on any atom is 0.265 e. The molecule has 0 fully saturated rings. The van der Waals surface area contributed by atoms with Gasteiger partial charge in [0.15, 0.2) is 0 Å². The van der Waals surface area contributed by atoms with Crippen LogP contribution in [0.2, 0.25) is 0 Å². The molecule has 0 aliphatic carbocycles. The van der Waals surface area contributed by atoms with Gasteiger partial charge < -0.3 is 4.98 Å². The third-order valence-corrected chi connectivity index (χ3v) is 3.83. The Morgan fingerprint density at radius 1 is 1.32 bits per heavy atom. The van der Waals surface area contributed by atoms with Crippen LogP contribution in [0.5, 0.6) is 0 Å². The van der Waals surface area contributed by atoms with Crippen LogP contribution in [0.15, 0.2) is 31.9 Å². The predicted octanol–water partition coefficient (Wildman–Crippen LogP) is 4.05. The lowest BCUT2D eigenvalue weighted by atomic mass is 10.2. The van der Waals surface area contributed by atoms with Gasteiger partial charge in [-0.3, -0.25) is 4.79 Å². The fraction of sp³-hybridized carbons (Fsp3) is 0.231. The molecule has 0 bridgehead atoms. The Kier molecular flexibility index (Phi) is 4.52. The summed E-state index contributed by atoms with van der Waals surface area (Å²) in [6.07, 6.45) is 1.56. The standard InChI is InChI=1S/C13H11Br2FN2O/c1-2-3-10-11(15)13(19)18-12(17-10)7-4-8(14)6-9(16)5-7/h4-6H,2-3H2,1H3,(H,17,18,19). The van der Waals surface area contributed by atoms with E-state index in [0.29, 0.717) is 32.4 Å². The van der Waals surface area contributed by atoms with E-state index in [1.165, 1.54) is 12.1 Å². The van der Waals surface area contributed by atoms with Crippen LogP contribution in [-0.4, -0.2) is 9.97 Å². The molecule has 0 aliphatic rings. The second-order valence-electron chi connectivity index (χ2n) is 4.08. The van der Waals surface area contributed by atoms with Crippen molar-refractivity contribution in [1.82, 2.24) is 9.97 Å². The number of aryl methyl sites for hydroxylation is 1. The van der Waals surface area contributed by atoms with Crippen molar-refractivity contribution in [3.05, 3.63) is 49.0 Å². The Morgan fingerprint density at radius 3 is 2.68 bits per heavy atom. The molecule has 0 saturated carbocycles. The quantitative estimate of drug-likeness (QED) is 0.860. The number of H-pyrrole nitrogens is 1. The van der Waals surface area contributed by atoms with E-state index in [1.54, 1.807) is 6.07 Å². The number of hydrogen-bond acceptors (Lipinski definition) is 2. The van der Waals surface area contributed by atoms with E-state index in [0.717, 1.165) is 6.42 Å². The van der Waals surface area contributed by atoms with Gasteiger partial charge in [-0.25, -0.2) is 9.37 Å². The maximum atomic E-state index is 13.4. The molecule has 0 unspecified atom stereocenters. The maximum absolute atomic E-state index is 13.4. The van der Waals surface area contributed by atoms with Gasteiger partial charge in [0.1, 0.15) is 16.1 Å². The van der Waals surface area contributed by atoms with Crippen LogP contribution >= 0.6 is 31.9 Å². The molecule has 0 spiro atoms. The largest absolute Gasteiger partial charge is 0.306 e. The van der Waals surface area contributed by atoms with E-state index in [9.17, 15) is 9.18 Å². The van der Waals surface area contributed by atoms with E-state index >= 15 is 0 Å². The van der Waals surface area contributed by atoms with Crippen LogP contribution in [0.3, 0.4) is 0 Å². The summed E-state index contributed by atoms with van der Waals surface area (Å²) in [6, 6.07) is 4.41. The highest BCUT2D eigenvalue weighted by molar-refractivity contribution is 9.10. The van der Waals surface area contributed by atoms with Crippen molar-refractivity contribution in [3.63, 3.8) is 0 Å². The zero-order valence-electron chi connectivity index (χ0n) is 10.1. The predicted molar refractivity (Wildman–Crippen MR) is 79.6 cm³/mol. The van der Waals surface area contributed by atoms with Crippen LogP contribution in [0.25, 0.3) is 11.4 Å². The highest BCUT2D eigenvalue weighted by Gasteiger charge is 2.11. The summed E-state index contributed by atoms with van der Waals surface area (Å²) in [5, 5.41) is 0. The average molecular weight is 390 g/mol. The van der Waals surface area contributed by atoms with Crippen LogP contribution in [-0.2, 0) is 6.42 Å². The number of hydrogen-bond donors (Lipinski definition) is 1. The van der Waals surface area contributed by atoms with E-state index in [4.69, 9.17) is 0 Å². The SMILES string of the molecule is CCCc1nc(-c2cc(F)cc(Br)c2)[nH]c(=O)c1Br. The molecular weight excluding hydrogens is 379 g/mol. The molecule has 1 aromatic heterocycles. The molecular formula is C13H11Br2FN2O. The number of benzene rings is 1. The van der Waals surface area contributed by atoms with Crippen molar-refractivity contribution in [2.24, 2.45) is 0 Å². The molecule has 1 aromatic carbocycles. The van der Waals surface area contributed by atoms with Gasteiger partial charge in [-0.05, 0) is 40.5 Å². The summed E-state index contributed by atoms with van der Waals surface area (Å²) in [5.41, 5.74) is 0.962. The van der Waals surface area contributed by atoms with Crippen LogP contribution in [0.1, 0.15) is 19.0 Å². The van der Waals surface area contributed by atoms with E-state index < -0.39 is 0 Å². The van der Waals surface area contributed by atoms with Crippen LogP contribution in [0.4, 0.5) is 4.39 Å². The number of rotatable bonds is 3. The smallest absolute Gasteiger partial charge is 0.265 e. The minimum atomic E-state index is -0.382. The summed E-state index contributed by atoms with van der Waals surface area (Å²) in [5.74, 6) is -0.0103. The Labute approximate surface area is 126 Å². The lowest BCUT2D eigenvalue weighted by Crippen LogP contribution is -2.13. The Bertz CT molecular complexity index is 650. The first-order chi connectivity index (χ1) is 9.01. The fourth-order valence-electron chi connectivity index (χ4n) is 1.74. The first-order valence-corrected chi connectivity index (χ1v) is 7.35. The lowest BCUT2D eigenvalue weighted by Gasteiger charge is -2.06. The number of nitrogens with one attached hydrogen (secondary N) is 1. The van der Waals surface area contributed by atoms with Crippen molar-refractivity contribution in [2.45, 2.75) is 19.8 Å². The van der Waals surface area contributed by atoms with Gasteiger partial charge in [-0.15, -0.1) is 0 Å². The molecule has 0 saturated heterocycles.